The molecule has 0 saturated carbocycles. The average Bonchev–Trinajstić information content (AvgIpc) is 2.31. The number of hydrogen-bond donors (Lipinski definition) is 0. The fourth-order valence-corrected chi connectivity index (χ4v) is 1.03. The van der Waals surface area contributed by atoms with Gasteiger partial charge in [0.25, 0.3) is 0 Å². The van der Waals surface area contributed by atoms with Crippen molar-refractivity contribution in [1.82, 2.24) is 4.90 Å². The lowest BCUT2D eigenvalue weighted by atomic mass is 10.4. The third-order valence-corrected chi connectivity index (χ3v) is 1.97. The first-order valence-electron chi connectivity index (χ1n) is 5.83. The van der Waals surface area contributed by atoms with E-state index in [0.717, 1.165) is 19.3 Å². The molecule has 0 bridgehead atoms. The maximum atomic E-state index is 11.4. The third-order valence-electron chi connectivity index (χ3n) is 1.97. The van der Waals surface area contributed by atoms with Crippen molar-refractivity contribution in [1.29, 1.82) is 0 Å². The van der Waals surface area contributed by atoms with E-state index in [9.17, 15) is 4.79 Å². The monoisotopic (exact) mass is 229 g/mol. The molecule has 4 heteroatoms. The summed E-state index contributed by atoms with van der Waals surface area (Å²) < 4.78 is 10.7. The van der Waals surface area contributed by atoms with E-state index >= 15 is 0 Å². The average molecular weight is 229 g/mol. The summed E-state index contributed by atoms with van der Waals surface area (Å²) in [5.41, 5.74) is 0. The predicted molar refractivity (Wildman–Crippen MR) is 63.9 cm³/mol. The minimum atomic E-state index is -0.160. The second-order valence-electron chi connectivity index (χ2n) is 3.51. The fraction of sp³-hybridized carbons (Fsp3) is 0.750. The lowest BCUT2D eigenvalue weighted by Gasteiger charge is -2.20. The molecule has 0 aliphatic rings. The number of carbonyl (C=O) groups is 1. The van der Waals surface area contributed by atoms with Gasteiger partial charge in [-0.1, -0.05) is 26.8 Å². The first-order valence-corrected chi connectivity index (χ1v) is 5.83. The first kappa shape index (κ1) is 15.1. The highest BCUT2D eigenvalue weighted by Crippen LogP contribution is 1.96. The Hall–Kier alpha value is -0.870. The summed E-state index contributed by atoms with van der Waals surface area (Å²) in [5.74, 6) is -0.160. The zero-order chi connectivity index (χ0) is 12.2. The molecule has 0 aromatic carbocycles. The van der Waals surface area contributed by atoms with Crippen LogP contribution in [0.25, 0.3) is 0 Å². The Morgan fingerprint density at radius 2 is 1.81 bits per heavy atom. The minimum Gasteiger partial charge on any atom is -0.361 e. The van der Waals surface area contributed by atoms with Crippen LogP contribution in [0.2, 0.25) is 0 Å². The van der Waals surface area contributed by atoms with E-state index < -0.39 is 0 Å². The van der Waals surface area contributed by atoms with E-state index in [4.69, 9.17) is 9.47 Å². The molecule has 0 radical (unpaired) electrons. The standard InChI is InChI=1S/C12H23NO3/c1-4-7-9-16-11-13(12(14)6-3)10-15-8-5-2/h6H,3-5,7-11H2,1-2H3. The normalized spacial score (nSPS) is 10.1. The molecular weight excluding hydrogens is 206 g/mol. The van der Waals surface area contributed by atoms with Crippen molar-refractivity contribution in [2.45, 2.75) is 33.1 Å². The Balaban J connectivity index is 3.81. The van der Waals surface area contributed by atoms with E-state index in [-0.39, 0.29) is 19.4 Å². The molecule has 0 rings (SSSR count). The Morgan fingerprint density at radius 3 is 2.31 bits per heavy atom. The number of ether oxygens (including phenoxy) is 2. The Morgan fingerprint density at radius 1 is 1.19 bits per heavy atom. The van der Waals surface area contributed by atoms with Crippen molar-refractivity contribution in [3.63, 3.8) is 0 Å². The number of hydrogen-bond acceptors (Lipinski definition) is 3. The number of unbranched alkanes of at least 4 members (excludes halogenated alkanes) is 1. The Bertz CT molecular complexity index is 195. The van der Waals surface area contributed by atoms with E-state index in [0.29, 0.717) is 13.2 Å². The molecule has 94 valence electrons. The van der Waals surface area contributed by atoms with Gasteiger partial charge in [0, 0.05) is 13.2 Å². The van der Waals surface area contributed by atoms with Gasteiger partial charge >= 0.3 is 0 Å². The fourth-order valence-electron chi connectivity index (χ4n) is 1.03. The van der Waals surface area contributed by atoms with Crippen LogP contribution >= 0.6 is 0 Å². The van der Waals surface area contributed by atoms with Crippen LogP contribution in [0.15, 0.2) is 12.7 Å². The van der Waals surface area contributed by atoms with Crippen LogP contribution in [0.3, 0.4) is 0 Å². The summed E-state index contributed by atoms with van der Waals surface area (Å²) in [4.78, 5) is 12.9. The Labute approximate surface area is 98.2 Å². The molecule has 0 spiro atoms. The van der Waals surface area contributed by atoms with Crippen molar-refractivity contribution in [3.8, 4) is 0 Å². The highest BCUT2D eigenvalue weighted by molar-refractivity contribution is 5.86. The molecule has 0 unspecified atom stereocenters. The molecule has 1 amide bonds. The smallest absolute Gasteiger partial charge is 0.249 e. The van der Waals surface area contributed by atoms with Crippen molar-refractivity contribution in [2.24, 2.45) is 0 Å². The predicted octanol–water partition coefficient (Wildman–Crippen LogP) is 2.16. The van der Waals surface area contributed by atoms with Crippen molar-refractivity contribution in [2.75, 3.05) is 26.7 Å². The third kappa shape index (κ3) is 7.43. The van der Waals surface area contributed by atoms with Gasteiger partial charge in [0.1, 0.15) is 13.5 Å². The van der Waals surface area contributed by atoms with Crippen LogP contribution in [-0.2, 0) is 14.3 Å². The van der Waals surface area contributed by atoms with Gasteiger partial charge in [-0.05, 0) is 18.9 Å². The van der Waals surface area contributed by atoms with Gasteiger partial charge in [-0.3, -0.25) is 9.69 Å². The lowest BCUT2D eigenvalue weighted by Crippen LogP contribution is -2.34. The van der Waals surface area contributed by atoms with E-state index in [1.165, 1.54) is 11.0 Å². The molecule has 16 heavy (non-hydrogen) atoms. The highest BCUT2D eigenvalue weighted by Gasteiger charge is 2.09. The SMILES string of the molecule is C=CC(=O)N(COCCC)COCCCC. The number of rotatable bonds is 10. The second-order valence-corrected chi connectivity index (χ2v) is 3.51. The van der Waals surface area contributed by atoms with Crippen LogP contribution in [0, 0.1) is 0 Å². The van der Waals surface area contributed by atoms with Gasteiger partial charge < -0.3 is 9.47 Å². The van der Waals surface area contributed by atoms with Crippen molar-refractivity contribution in [3.05, 3.63) is 12.7 Å². The molecule has 4 nitrogen and oxygen atoms in total. The molecule has 0 heterocycles. The second kappa shape index (κ2) is 10.6. The molecule has 0 atom stereocenters. The number of amides is 1. The molecule has 0 aliphatic heterocycles. The first-order chi connectivity index (χ1) is 7.76. The van der Waals surface area contributed by atoms with Crippen LogP contribution in [-0.4, -0.2) is 37.5 Å². The Kier molecular flexibility index (Phi) is 10.1. The molecule has 0 aliphatic carbocycles. The molecule has 0 N–H and O–H groups in total. The minimum absolute atomic E-state index is 0.160. The summed E-state index contributed by atoms with van der Waals surface area (Å²) in [6.45, 7) is 9.44. The number of carbonyl (C=O) groups excluding carboxylic acids is 1. The van der Waals surface area contributed by atoms with Crippen LogP contribution < -0.4 is 0 Å². The molecule has 0 saturated heterocycles. The largest absolute Gasteiger partial charge is 0.361 e. The molecule has 0 aromatic heterocycles. The zero-order valence-electron chi connectivity index (χ0n) is 10.4. The lowest BCUT2D eigenvalue weighted by molar-refractivity contribution is -0.139. The van der Waals surface area contributed by atoms with Gasteiger partial charge in [0.05, 0.1) is 0 Å². The topological polar surface area (TPSA) is 38.8 Å². The van der Waals surface area contributed by atoms with Crippen molar-refractivity contribution >= 4 is 5.91 Å². The summed E-state index contributed by atoms with van der Waals surface area (Å²) in [6.07, 6.45) is 4.30. The highest BCUT2D eigenvalue weighted by atomic mass is 16.5. The zero-order valence-corrected chi connectivity index (χ0v) is 10.4. The van der Waals surface area contributed by atoms with Gasteiger partial charge in [0.2, 0.25) is 5.91 Å². The van der Waals surface area contributed by atoms with Gasteiger partial charge in [0.15, 0.2) is 0 Å². The van der Waals surface area contributed by atoms with Crippen LogP contribution in [0.1, 0.15) is 33.1 Å². The van der Waals surface area contributed by atoms with E-state index in [1.54, 1.807) is 0 Å². The van der Waals surface area contributed by atoms with Gasteiger partial charge in [-0.15, -0.1) is 0 Å². The van der Waals surface area contributed by atoms with Crippen LogP contribution in [0.4, 0.5) is 0 Å². The summed E-state index contributed by atoms with van der Waals surface area (Å²) in [7, 11) is 0. The summed E-state index contributed by atoms with van der Waals surface area (Å²) in [6, 6.07) is 0. The van der Waals surface area contributed by atoms with Gasteiger partial charge in [-0.25, -0.2) is 0 Å². The molecule has 0 fully saturated rings. The maximum absolute atomic E-state index is 11.4. The van der Waals surface area contributed by atoms with E-state index in [2.05, 4.69) is 13.5 Å². The van der Waals surface area contributed by atoms with Gasteiger partial charge in [-0.2, -0.15) is 0 Å². The van der Waals surface area contributed by atoms with E-state index in [1.807, 2.05) is 6.92 Å². The summed E-state index contributed by atoms with van der Waals surface area (Å²) >= 11 is 0. The molecule has 0 aromatic rings. The molecular formula is C12H23NO3. The van der Waals surface area contributed by atoms with Crippen LogP contribution in [0.5, 0.6) is 0 Å². The maximum Gasteiger partial charge on any atom is 0.249 e. The summed E-state index contributed by atoms with van der Waals surface area (Å²) in [5, 5.41) is 0. The van der Waals surface area contributed by atoms with Crippen molar-refractivity contribution < 1.29 is 14.3 Å². The number of nitrogens with zero attached hydrogens (tertiary/aromatic N) is 1. The quantitative estimate of drug-likeness (QED) is 0.327.